The topological polar surface area (TPSA) is 52.3 Å². The maximum absolute atomic E-state index is 11.2. The lowest BCUT2D eigenvalue weighted by molar-refractivity contribution is 0.0603. The van der Waals surface area contributed by atoms with Crippen LogP contribution in [-0.4, -0.2) is 13.1 Å². The van der Waals surface area contributed by atoms with Crippen LogP contribution in [0.2, 0.25) is 0 Å². The van der Waals surface area contributed by atoms with Crippen molar-refractivity contribution in [1.29, 1.82) is 0 Å². The van der Waals surface area contributed by atoms with E-state index in [1.807, 2.05) is 6.07 Å². The Kier molecular flexibility index (Phi) is 1.97. The van der Waals surface area contributed by atoms with E-state index in [9.17, 15) is 4.79 Å². The molecule has 0 amide bonds. The van der Waals surface area contributed by atoms with Crippen molar-refractivity contribution in [3.05, 3.63) is 17.0 Å². The number of rotatable bonds is 1. The van der Waals surface area contributed by atoms with Crippen LogP contribution in [0.1, 0.15) is 10.4 Å². The van der Waals surface area contributed by atoms with Crippen molar-refractivity contribution in [2.75, 3.05) is 12.8 Å². The Hall–Kier alpha value is -1.07. The van der Waals surface area contributed by atoms with E-state index in [1.54, 1.807) is 5.38 Å². The summed E-state index contributed by atoms with van der Waals surface area (Å²) in [5, 5.41) is 3.43. The third-order valence-electron chi connectivity index (χ3n) is 1.70. The molecule has 2 N–H and O–H groups in total. The van der Waals surface area contributed by atoms with E-state index >= 15 is 0 Å². The van der Waals surface area contributed by atoms with Gasteiger partial charge in [0.2, 0.25) is 0 Å². The van der Waals surface area contributed by atoms with Gasteiger partial charge in [-0.05, 0) is 6.07 Å². The first-order valence-electron chi connectivity index (χ1n) is 3.57. The molecule has 0 saturated carbocycles. The zero-order valence-electron chi connectivity index (χ0n) is 6.87. The Labute approximate surface area is 82.7 Å². The van der Waals surface area contributed by atoms with Crippen LogP contribution in [0, 0.1) is 0 Å². The molecule has 0 spiro atoms. The molecule has 5 heteroatoms. The predicted molar refractivity (Wildman–Crippen MR) is 55.5 cm³/mol. The van der Waals surface area contributed by atoms with Crippen molar-refractivity contribution in [3.63, 3.8) is 0 Å². The highest BCUT2D eigenvalue weighted by atomic mass is 32.2. The van der Waals surface area contributed by atoms with Crippen LogP contribution in [0.25, 0.3) is 9.40 Å². The van der Waals surface area contributed by atoms with Gasteiger partial charge >= 0.3 is 5.97 Å². The molecular formula is C8H7NO2S2. The smallest absolute Gasteiger partial charge is 0.339 e. The van der Waals surface area contributed by atoms with Gasteiger partial charge in [-0.1, -0.05) is 0 Å². The van der Waals surface area contributed by atoms with Crippen LogP contribution >= 0.6 is 22.7 Å². The molecule has 0 unspecified atom stereocenters. The van der Waals surface area contributed by atoms with Crippen molar-refractivity contribution in [2.24, 2.45) is 0 Å². The molecule has 3 nitrogen and oxygen atoms in total. The molecule has 0 atom stereocenters. The van der Waals surface area contributed by atoms with Gasteiger partial charge in [0.15, 0.2) is 0 Å². The number of ether oxygens (including phenoxy) is 1. The number of methoxy groups -OCH3 is 1. The standard InChI is InChI=1S/C8H7NO2S2/c1-11-7(10)5-3-12-8-4(5)2-6(9)13-8/h2-3H,9H2,1H3. The van der Waals surface area contributed by atoms with E-state index in [2.05, 4.69) is 4.74 Å². The Morgan fingerprint density at radius 1 is 1.62 bits per heavy atom. The Morgan fingerprint density at radius 3 is 3.08 bits per heavy atom. The summed E-state index contributed by atoms with van der Waals surface area (Å²) in [5.74, 6) is -0.302. The molecular weight excluding hydrogens is 206 g/mol. The van der Waals surface area contributed by atoms with Gasteiger partial charge in [-0.15, -0.1) is 22.7 Å². The summed E-state index contributed by atoms with van der Waals surface area (Å²) in [4.78, 5) is 11.2. The van der Waals surface area contributed by atoms with E-state index < -0.39 is 0 Å². The van der Waals surface area contributed by atoms with Crippen LogP contribution < -0.4 is 5.73 Å². The SMILES string of the molecule is COC(=O)c1csc2sc(N)cc12. The van der Waals surface area contributed by atoms with E-state index in [0.717, 1.165) is 14.4 Å². The third-order valence-corrected chi connectivity index (χ3v) is 3.78. The van der Waals surface area contributed by atoms with Gasteiger partial charge < -0.3 is 10.5 Å². The summed E-state index contributed by atoms with van der Waals surface area (Å²) in [6, 6.07) is 1.81. The predicted octanol–water partition coefficient (Wildman–Crippen LogP) is 2.33. The largest absolute Gasteiger partial charge is 0.465 e. The van der Waals surface area contributed by atoms with Gasteiger partial charge in [-0.2, -0.15) is 0 Å². The van der Waals surface area contributed by atoms with Gasteiger partial charge in [-0.3, -0.25) is 0 Å². The molecule has 0 saturated heterocycles. The third kappa shape index (κ3) is 1.30. The van der Waals surface area contributed by atoms with Crippen molar-refractivity contribution in [3.8, 4) is 0 Å². The number of hydrogen-bond donors (Lipinski definition) is 1. The lowest BCUT2D eigenvalue weighted by Crippen LogP contribution is -1.98. The first kappa shape index (κ1) is 8.52. The second-order valence-electron chi connectivity index (χ2n) is 2.49. The number of fused-ring (bicyclic) bond motifs is 1. The van der Waals surface area contributed by atoms with Gasteiger partial charge in [0, 0.05) is 10.8 Å². The summed E-state index contributed by atoms with van der Waals surface area (Å²) >= 11 is 3.01. The monoisotopic (exact) mass is 213 g/mol. The molecule has 68 valence electrons. The summed E-state index contributed by atoms with van der Waals surface area (Å²) in [7, 11) is 1.38. The minimum atomic E-state index is -0.302. The van der Waals surface area contributed by atoms with Gasteiger partial charge in [-0.25, -0.2) is 4.79 Å². The van der Waals surface area contributed by atoms with E-state index in [-0.39, 0.29) is 5.97 Å². The first-order chi connectivity index (χ1) is 6.22. The minimum Gasteiger partial charge on any atom is -0.465 e. The van der Waals surface area contributed by atoms with Gasteiger partial charge in [0.05, 0.1) is 21.7 Å². The molecule has 0 aliphatic heterocycles. The van der Waals surface area contributed by atoms with E-state index in [1.165, 1.54) is 29.8 Å². The number of carbonyl (C=O) groups excluding carboxylic acids is 1. The molecule has 13 heavy (non-hydrogen) atoms. The molecule has 0 aliphatic rings. The number of anilines is 1. The average molecular weight is 213 g/mol. The second kappa shape index (κ2) is 3.01. The molecule has 2 heterocycles. The quantitative estimate of drug-likeness (QED) is 0.740. The highest BCUT2D eigenvalue weighted by Crippen LogP contribution is 2.35. The second-order valence-corrected chi connectivity index (χ2v) is 4.71. The van der Waals surface area contributed by atoms with E-state index in [0.29, 0.717) is 5.56 Å². The minimum absolute atomic E-state index is 0.302. The summed E-state index contributed by atoms with van der Waals surface area (Å²) in [6.07, 6.45) is 0. The van der Waals surface area contributed by atoms with Crippen LogP contribution in [-0.2, 0) is 4.74 Å². The zero-order chi connectivity index (χ0) is 9.42. The molecule has 2 aromatic heterocycles. The fourth-order valence-corrected chi connectivity index (χ4v) is 3.15. The molecule has 0 radical (unpaired) electrons. The lowest BCUT2D eigenvalue weighted by Gasteiger charge is -1.93. The van der Waals surface area contributed by atoms with Gasteiger partial charge in [0.25, 0.3) is 0 Å². The first-order valence-corrected chi connectivity index (χ1v) is 5.27. The van der Waals surface area contributed by atoms with Crippen LogP contribution in [0.15, 0.2) is 11.4 Å². The number of thiophene rings is 2. The van der Waals surface area contributed by atoms with Crippen molar-refractivity contribution in [1.82, 2.24) is 0 Å². The Balaban J connectivity index is 2.62. The van der Waals surface area contributed by atoms with Crippen molar-refractivity contribution >= 4 is 43.0 Å². The molecule has 2 aromatic rings. The number of hydrogen-bond acceptors (Lipinski definition) is 5. The number of esters is 1. The summed E-state index contributed by atoms with van der Waals surface area (Å²) in [5.41, 5.74) is 6.23. The number of nitrogens with two attached hydrogens (primary N) is 1. The lowest BCUT2D eigenvalue weighted by atomic mass is 10.2. The highest BCUT2D eigenvalue weighted by molar-refractivity contribution is 7.39. The van der Waals surface area contributed by atoms with Crippen LogP contribution in [0.3, 0.4) is 0 Å². The fourth-order valence-electron chi connectivity index (χ4n) is 1.11. The molecule has 0 aromatic carbocycles. The Bertz CT molecular complexity index is 458. The molecule has 0 fully saturated rings. The fraction of sp³-hybridized carbons (Fsp3) is 0.125. The average Bonchev–Trinajstić information content (AvgIpc) is 2.61. The van der Waals surface area contributed by atoms with Crippen molar-refractivity contribution in [2.45, 2.75) is 0 Å². The molecule has 0 bridgehead atoms. The summed E-state index contributed by atoms with van der Waals surface area (Å²) in [6.45, 7) is 0. The number of nitrogen functional groups attached to an aromatic ring is 1. The number of carbonyl (C=O) groups is 1. The molecule has 2 rings (SSSR count). The maximum atomic E-state index is 11.2. The zero-order valence-corrected chi connectivity index (χ0v) is 8.50. The maximum Gasteiger partial charge on any atom is 0.339 e. The van der Waals surface area contributed by atoms with Crippen LogP contribution in [0.4, 0.5) is 5.00 Å². The molecule has 0 aliphatic carbocycles. The Morgan fingerprint density at radius 2 is 2.38 bits per heavy atom. The normalized spacial score (nSPS) is 10.5. The van der Waals surface area contributed by atoms with Crippen molar-refractivity contribution < 1.29 is 9.53 Å². The van der Waals surface area contributed by atoms with Crippen LogP contribution in [0.5, 0.6) is 0 Å². The highest BCUT2D eigenvalue weighted by Gasteiger charge is 2.14. The van der Waals surface area contributed by atoms with Gasteiger partial charge in [0.1, 0.15) is 0 Å². The van der Waals surface area contributed by atoms with E-state index in [4.69, 9.17) is 5.73 Å². The summed E-state index contributed by atoms with van der Waals surface area (Å²) < 4.78 is 5.71.